The normalized spacial score (nSPS) is 10.5. The molecule has 2 heterocycles. The number of esters is 1. The van der Waals surface area contributed by atoms with Crippen LogP contribution in [0.5, 0.6) is 0 Å². The van der Waals surface area contributed by atoms with Crippen LogP contribution in [0.25, 0.3) is 0 Å². The number of halogens is 3. The summed E-state index contributed by atoms with van der Waals surface area (Å²) < 4.78 is 20.1. The van der Waals surface area contributed by atoms with Crippen molar-refractivity contribution in [2.45, 2.75) is 13.5 Å². The van der Waals surface area contributed by atoms with Gasteiger partial charge in [-0.05, 0) is 18.5 Å². The third kappa shape index (κ3) is 4.05. The number of imidazole rings is 1. The van der Waals surface area contributed by atoms with Gasteiger partial charge in [0, 0.05) is 19.3 Å². The first-order valence-corrected chi connectivity index (χ1v) is 7.08. The summed E-state index contributed by atoms with van der Waals surface area (Å²) in [6, 6.07) is 0. The van der Waals surface area contributed by atoms with Crippen molar-refractivity contribution >= 4 is 35.0 Å². The number of nitrogens with one attached hydrogen (secondary N) is 1. The van der Waals surface area contributed by atoms with Gasteiger partial charge in [-0.15, -0.1) is 0 Å². The number of hydrogen-bond acceptors (Lipinski definition) is 6. The first-order valence-electron chi connectivity index (χ1n) is 6.32. The second kappa shape index (κ2) is 7.37. The van der Waals surface area contributed by atoms with Gasteiger partial charge in [-0.3, -0.25) is 0 Å². The van der Waals surface area contributed by atoms with E-state index < -0.39 is 11.8 Å². The molecule has 0 spiro atoms. The highest BCUT2D eigenvalue weighted by atomic mass is 35.5. The second-order valence-electron chi connectivity index (χ2n) is 4.09. The maximum absolute atomic E-state index is 13.6. The molecule has 2 aromatic rings. The summed E-state index contributed by atoms with van der Waals surface area (Å²) in [6.45, 7) is 2.73. The molecule has 0 atom stereocenters. The van der Waals surface area contributed by atoms with Crippen molar-refractivity contribution in [3.63, 3.8) is 0 Å². The SMILES string of the molecule is CCOC(=O)c1cn(CCNc2nc(Cl)nc(Cl)c2F)cn1. The zero-order valence-electron chi connectivity index (χ0n) is 11.5. The molecule has 0 amide bonds. The van der Waals surface area contributed by atoms with E-state index in [0.29, 0.717) is 13.1 Å². The summed E-state index contributed by atoms with van der Waals surface area (Å²) >= 11 is 11.2. The molecule has 0 radical (unpaired) electrons. The molecule has 1 N–H and O–H groups in total. The minimum Gasteiger partial charge on any atom is -0.461 e. The monoisotopic (exact) mass is 347 g/mol. The van der Waals surface area contributed by atoms with E-state index in [2.05, 4.69) is 20.3 Å². The van der Waals surface area contributed by atoms with Crippen molar-refractivity contribution in [3.8, 4) is 0 Å². The lowest BCUT2D eigenvalue weighted by atomic mass is 10.5. The fourth-order valence-corrected chi connectivity index (χ4v) is 1.99. The average molecular weight is 348 g/mol. The molecule has 0 unspecified atom stereocenters. The van der Waals surface area contributed by atoms with E-state index in [1.54, 1.807) is 11.5 Å². The minimum atomic E-state index is -0.774. The molecule has 2 rings (SSSR count). The summed E-state index contributed by atoms with van der Waals surface area (Å²) in [6.07, 6.45) is 3.01. The Kier molecular flexibility index (Phi) is 5.51. The van der Waals surface area contributed by atoms with Gasteiger partial charge in [-0.1, -0.05) is 11.6 Å². The molecular formula is C12H12Cl2FN5O2. The number of anilines is 1. The van der Waals surface area contributed by atoms with Crippen molar-refractivity contribution < 1.29 is 13.9 Å². The molecule has 0 aliphatic heterocycles. The Balaban J connectivity index is 1.93. The van der Waals surface area contributed by atoms with Crippen molar-refractivity contribution in [2.24, 2.45) is 0 Å². The van der Waals surface area contributed by atoms with Gasteiger partial charge in [0.05, 0.1) is 12.9 Å². The van der Waals surface area contributed by atoms with Gasteiger partial charge >= 0.3 is 5.97 Å². The number of rotatable bonds is 6. The highest BCUT2D eigenvalue weighted by molar-refractivity contribution is 6.32. The summed E-state index contributed by atoms with van der Waals surface area (Å²) in [4.78, 5) is 22.6. The van der Waals surface area contributed by atoms with E-state index in [1.165, 1.54) is 12.5 Å². The Morgan fingerprint density at radius 2 is 2.23 bits per heavy atom. The lowest BCUT2D eigenvalue weighted by Gasteiger charge is -2.07. The summed E-state index contributed by atoms with van der Waals surface area (Å²) in [5, 5.41) is 2.24. The fraction of sp³-hybridized carbons (Fsp3) is 0.333. The molecule has 22 heavy (non-hydrogen) atoms. The van der Waals surface area contributed by atoms with Crippen LogP contribution in [-0.4, -0.2) is 38.6 Å². The van der Waals surface area contributed by atoms with Gasteiger partial charge < -0.3 is 14.6 Å². The van der Waals surface area contributed by atoms with Crippen LogP contribution in [-0.2, 0) is 11.3 Å². The van der Waals surface area contributed by atoms with Gasteiger partial charge in [0.1, 0.15) is 0 Å². The average Bonchev–Trinajstić information content (AvgIpc) is 2.93. The number of carbonyl (C=O) groups is 1. The number of ether oxygens (including phenoxy) is 1. The second-order valence-corrected chi connectivity index (χ2v) is 4.79. The van der Waals surface area contributed by atoms with E-state index in [4.69, 9.17) is 27.9 Å². The van der Waals surface area contributed by atoms with E-state index in [0.717, 1.165) is 0 Å². The van der Waals surface area contributed by atoms with E-state index in [1.807, 2.05) is 0 Å². The standard InChI is InChI=1S/C12H12Cl2FN5O2/c1-2-22-11(21)7-5-20(6-17-7)4-3-16-10-8(15)9(13)18-12(14)19-10/h5-6H,2-4H2,1H3,(H,16,18,19). The van der Waals surface area contributed by atoms with Crippen LogP contribution in [0.2, 0.25) is 10.4 Å². The van der Waals surface area contributed by atoms with Crippen molar-refractivity contribution in [2.75, 3.05) is 18.5 Å². The zero-order valence-corrected chi connectivity index (χ0v) is 13.0. The molecule has 2 aromatic heterocycles. The zero-order chi connectivity index (χ0) is 16.1. The Labute approximate surface area is 135 Å². The highest BCUT2D eigenvalue weighted by Crippen LogP contribution is 2.20. The van der Waals surface area contributed by atoms with Crippen LogP contribution < -0.4 is 5.32 Å². The molecule has 0 aliphatic carbocycles. The lowest BCUT2D eigenvalue weighted by Crippen LogP contribution is -2.12. The molecule has 118 valence electrons. The lowest BCUT2D eigenvalue weighted by molar-refractivity contribution is 0.0520. The van der Waals surface area contributed by atoms with Crippen LogP contribution in [0.4, 0.5) is 10.2 Å². The fourth-order valence-electron chi connectivity index (χ4n) is 1.61. The molecular weight excluding hydrogens is 336 g/mol. The summed E-state index contributed by atoms with van der Waals surface area (Å²) in [7, 11) is 0. The quantitative estimate of drug-likeness (QED) is 0.490. The topological polar surface area (TPSA) is 81.9 Å². The van der Waals surface area contributed by atoms with Gasteiger partial charge in [-0.2, -0.15) is 9.37 Å². The molecule has 0 aromatic carbocycles. The van der Waals surface area contributed by atoms with E-state index in [-0.39, 0.29) is 28.6 Å². The Morgan fingerprint density at radius 1 is 1.45 bits per heavy atom. The highest BCUT2D eigenvalue weighted by Gasteiger charge is 2.12. The summed E-state index contributed by atoms with van der Waals surface area (Å²) in [5.41, 5.74) is 0.209. The van der Waals surface area contributed by atoms with Gasteiger partial charge in [0.15, 0.2) is 16.7 Å². The van der Waals surface area contributed by atoms with Crippen molar-refractivity contribution in [3.05, 3.63) is 34.5 Å². The first kappa shape index (κ1) is 16.4. The minimum absolute atomic E-state index is 0.0873. The van der Waals surface area contributed by atoms with Crippen molar-refractivity contribution in [1.29, 1.82) is 0 Å². The van der Waals surface area contributed by atoms with Crippen LogP contribution in [0, 0.1) is 5.82 Å². The third-order valence-electron chi connectivity index (χ3n) is 2.56. The predicted octanol–water partition coefficient (Wildman–Crippen LogP) is 2.41. The maximum atomic E-state index is 13.6. The first-order chi connectivity index (χ1) is 10.5. The summed E-state index contributed by atoms with van der Waals surface area (Å²) in [5.74, 6) is -1.35. The maximum Gasteiger partial charge on any atom is 0.358 e. The van der Waals surface area contributed by atoms with Crippen LogP contribution >= 0.6 is 23.2 Å². The van der Waals surface area contributed by atoms with Crippen LogP contribution in [0.3, 0.4) is 0 Å². The van der Waals surface area contributed by atoms with Crippen LogP contribution in [0.1, 0.15) is 17.4 Å². The molecule has 0 saturated heterocycles. The number of hydrogen-bond donors (Lipinski definition) is 1. The molecule has 0 bridgehead atoms. The van der Waals surface area contributed by atoms with Gasteiger partial charge in [0.25, 0.3) is 0 Å². The predicted molar refractivity (Wildman–Crippen MR) is 78.7 cm³/mol. The van der Waals surface area contributed by atoms with E-state index in [9.17, 15) is 9.18 Å². The van der Waals surface area contributed by atoms with Crippen molar-refractivity contribution in [1.82, 2.24) is 19.5 Å². The molecule has 0 saturated carbocycles. The number of carbonyl (C=O) groups excluding carboxylic acids is 1. The Bertz CT molecular complexity index is 680. The van der Waals surface area contributed by atoms with Gasteiger partial charge in [0.2, 0.25) is 11.1 Å². The van der Waals surface area contributed by atoms with Crippen LogP contribution in [0.15, 0.2) is 12.5 Å². The van der Waals surface area contributed by atoms with Gasteiger partial charge in [-0.25, -0.2) is 14.8 Å². The number of aromatic nitrogens is 4. The smallest absolute Gasteiger partial charge is 0.358 e. The largest absolute Gasteiger partial charge is 0.461 e. The molecule has 10 heteroatoms. The Hall–Kier alpha value is -1.93. The molecule has 7 nitrogen and oxygen atoms in total. The number of nitrogens with zero attached hydrogens (tertiary/aromatic N) is 4. The third-order valence-corrected chi connectivity index (χ3v) is 2.98. The molecule has 0 fully saturated rings. The molecule has 0 aliphatic rings. The van der Waals surface area contributed by atoms with E-state index >= 15 is 0 Å². The Morgan fingerprint density at radius 3 is 2.95 bits per heavy atom.